The monoisotopic (exact) mass is 380 g/mol. The topological polar surface area (TPSA) is 107 Å². The average molecular weight is 380 g/mol. The second kappa shape index (κ2) is 6.60. The summed E-state index contributed by atoms with van der Waals surface area (Å²) in [5, 5.41) is 19.1. The van der Waals surface area contributed by atoms with Crippen molar-refractivity contribution in [2.75, 3.05) is 19.7 Å². The third kappa shape index (κ3) is 2.77. The standard InChI is InChI=1S/C19H28N2O6/c1-5-8-21(18(2,3)4)16(24)14-19-7-6-11(27-19)12(17(25)26)13(19)15(23)20(14)9-10-22/h5,11-14,22H,1,6-10H2,2-4H3,(H,25,26)/t11-,12+,13-,14?,19?/m0/s1. The maximum Gasteiger partial charge on any atom is 0.310 e. The number of fused-ring (bicyclic) bond motifs is 1. The molecule has 3 saturated heterocycles. The second-order valence-electron chi connectivity index (χ2n) is 8.56. The van der Waals surface area contributed by atoms with Crippen LogP contribution in [0.1, 0.15) is 33.6 Å². The van der Waals surface area contributed by atoms with Crippen LogP contribution >= 0.6 is 0 Å². The van der Waals surface area contributed by atoms with Crippen molar-refractivity contribution < 1.29 is 29.3 Å². The van der Waals surface area contributed by atoms with E-state index >= 15 is 0 Å². The molecule has 27 heavy (non-hydrogen) atoms. The van der Waals surface area contributed by atoms with Gasteiger partial charge in [-0.1, -0.05) is 6.08 Å². The van der Waals surface area contributed by atoms with Gasteiger partial charge in [-0.2, -0.15) is 0 Å². The average Bonchev–Trinajstić information content (AvgIpc) is 3.19. The number of carboxylic acids is 1. The van der Waals surface area contributed by atoms with E-state index in [4.69, 9.17) is 4.74 Å². The van der Waals surface area contributed by atoms with Crippen molar-refractivity contribution in [3.63, 3.8) is 0 Å². The molecule has 3 rings (SSSR count). The summed E-state index contributed by atoms with van der Waals surface area (Å²) < 4.78 is 6.08. The van der Waals surface area contributed by atoms with Gasteiger partial charge in [-0.3, -0.25) is 14.4 Å². The molecule has 0 aromatic carbocycles. The van der Waals surface area contributed by atoms with Crippen LogP contribution in [0.25, 0.3) is 0 Å². The van der Waals surface area contributed by atoms with Crippen LogP contribution < -0.4 is 0 Å². The molecule has 3 aliphatic heterocycles. The van der Waals surface area contributed by atoms with Gasteiger partial charge in [-0.05, 0) is 33.6 Å². The van der Waals surface area contributed by atoms with Crippen LogP contribution in [0.3, 0.4) is 0 Å². The van der Waals surface area contributed by atoms with Crippen LogP contribution in [0.2, 0.25) is 0 Å². The first kappa shape index (κ1) is 19.8. The van der Waals surface area contributed by atoms with E-state index in [-0.39, 0.29) is 19.1 Å². The Morgan fingerprint density at radius 1 is 1.44 bits per heavy atom. The molecule has 2 unspecified atom stereocenters. The first-order chi connectivity index (χ1) is 12.6. The van der Waals surface area contributed by atoms with Crippen molar-refractivity contribution in [3.8, 4) is 0 Å². The summed E-state index contributed by atoms with van der Waals surface area (Å²) in [6.07, 6.45) is 2.04. The highest BCUT2D eigenvalue weighted by Gasteiger charge is 2.74. The van der Waals surface area contributed by atoms with Gasteiger partial charge in [0.1, 0.15) is 11.6 Å². The first-order valence-electron chi connectivity index (χ1n) is 9.34. The molecular formula is C19H28N2O6. The molecule has 8 heteroatoms. The van der Waals surface area contributed by atoms with E-state index in [1.54, 1.807) is 11.0 Å². The van der Waals surface area contributed by atoms with Crippen LogP contribution in [0.5, 0.6) is 0 Å². The summed E-state index contributed by atoms with van der Waals surface area (Å²) in [5.74, 6) is -3.62. The lowest BCUT2D eigenvalue weighted by molar-refractivity contribution is -0.153. The molecule has 2 N–H and O–H groups in total. The Labute approximate surface area is 158 Å². The van der Waals surface area contributed by atoms with Crippen molar-refractivity contribution in [3.05, 3.63) is 12.7 Å². The van der Waals surface area contributed by atoms with Crippen molar-refractivity contribution >= 4 is 17.8 Å². The molecule has 0 aromatic rings. The van der Waals surface area contributed by atoms with Gasteiger partial charge in [0.2, 0.25) is 11.8 Å². The minimum atomic E-state index is -1.14. The molecule has 0 radical (unpaired) electrons. The lowest BCUT2D eigenvalue weighted by Crippen LogP contribution is -2.60. The Morgan fingerprint density at radius 3 is 2.63 bits per heavy atom. The summed E-state index contributed by atoms with van der Waals surface area (Å²) in [6, 6.07) is -0.935. The number of likely N-dealkylation sites (tertiary alicyclic amines) is 1. The van der Waals surface area contributed by atoms with E-state index in [0.29, 0.717) is 19.4 Å². The van der Waals surface area contributed by atoms with Crippen molar-refractivity contribution in [1.29, 1.82) is 0 Å². The van der Waals surface area contributed by atoms with E-state index in [0.717, 1.165) is 0 Å². The predicted molar refractivity (Wildman–Crippen MR) is 95.7 cm³/mol. The van der Waals surface area contributed by atoms with Crippen molar-refractivity contribution in [2.24, 2.45) is 11.8 Å². The number of carbonyl (C=O) groups excluding carboxylic acids is 2. The predicted octanol–water partition coefficient (Wildman–Crippen LogP) is 0.251. The normalized spacial score (nSPS) is 34.7. The SMILES string of the molecule is C=CCN(C(=O)C1N(CCO)C(=O)[C@@H]2[C@H](C(=O)O)[C@@H]3CCC12O3)C(C)(C)C. The number of rotatable bonds is 6. The molecule has 150 valence electrons. The van der Waals surface area contributed by atoms with E-state index in [1.165, 1.54) is 4.90 Å². The molecule has 3 aliphatic rings. The third-order valence-electron chi connectivity index (χ3n) is 6.05. The number of amides is 2. The van der Waals surface area contributed by atoms with Gasteiger partial charge in [0.25, 0.3) is 0 Å². The largest absolute Gasteiger partial charge is 0.481 e. The molecule has 8 nitrogen and oxygen atoms in total. The minimum Gasteiger partial charge on any atom is -0.481 e. The van der Waals surface area contributed by atoms with Gasteiger partial charge in [-0.25, -0.2) is 0 Å². The molecule has 2 bridgehead atoms. The molecule has 3 fully saturated rings. The number of hydrogen-bond acceptors (Lipinski definition) is 5. The highest BCUT2D eigenvalue weighted by molar-refractivity contribution is 5.98. The van der Waals surface area contributed by atoms with E-state index in [9.17, 15) is 24.6 Å². The Kier molecular flexibility index (Phi) is 4.84. The van der Waals surface area contributed by atoms with E-state index < -0.39 is 47.0 Å². The molecule has 0 saturated carbocycles. The number of aliphatic hydroxyl groups is 1. The smallest absolute Gasteiger partial charge is 0.310 e. The lowest BCUT2D eigenvalue weighted by atomic mass is 9.70. The number of aliphatic hydroxyl groups excluding tert-OH is 1. The highest BCUT2D eigenvalue weighted by Crippen LogP contribution is 2.58. The van der Waals surface area contributed by atoms with Gasteiger partial charge >= 0.3 is 5.97 Å². The zero-order chi connectivity index (χ0) is 20.1. The number of β-amino-alcohol motifs (C(OH)–C–C–N with tert-alkyl or cyclic N) is 1. The van der Waals surface area contributed by atoms with Crippen molar-refractivity contribution in [1.82, 2.24) is 9.80 Å². The number of carboxylic acid groups (broad SMARTS) is 1. The summed E-state index contributed by atoms with van der Waals surface area (Å²) in [6.45, 7) is 9.36. The van der Waals surface area contributed by atoms with Crippen molar-refractivity contribution in [2.45, 2.75) is 56.9 Å². The number of hydrogen-bond donors (Lipinski definition) is 2. The summed E-state index contributed by atoms with van der Waals surface area (Å²) >= 11 is 0. The van der Waals surface area contributed by atoms with Gasteiger partial charge in [0.15, 0.2) is 0 Å². The van der Waals surface area contributed by atoms with Gasteiger partial charge < -0.3 is 24.7 Å². The number of ether oxygens (including phenoxy) is 1. The Bertz CT molecular complexity index is 672. The summed E-state index contributed by atoms with van der Waals surface area (Å²) in [5.41, 5.74) is -1.65. The number of aliphatic carboxylic acids is 1. The molecule has 3 heterocycles. The zero-order valence-electron chi connectivity index (χ0n) is 16.1. The minimum absolute atomic E-state index is 0.0278. The lowest BCUT2D eigenvalue weighted by Gasteiger charge is -2.41. The Morgan fingerprint density at radius 2 is 2.11 bits per heavy atom. The van der Waals surface area contributed by atoms with Crippen LogP contribution in [-0.2, 0) is 19.1 Å². The zero-order valence-corrected chi connectivity index (χ0v) is 16.1. The molecule has 2 amide bonds. The third-order valence-corrected chi connectivity index (χ3v) is 6.05. The van der Waals surface area contributed by atoms with Gasteiger partial charge in [0.05, 0.1) is 24.5 Å². The molecular weight excluding hydrogens is 352 g/mol. The number of nitrogens with zero attached hydrogens (tertiary/aromatic N) is 2. The summed E-state index contributed by atoms with van der Waals surface area (Å²) in [4.78, 5) is 41.5. The molecule has 5 atom stereocenters. The van der Waals surface area contributed by atoms with Crippen LogP contribution in [0.4, 0.5) is 0 Å². The maximum absolute atomic E-state index is 13.6. The molecule has 0 aromatic heterocycles. The molecule has 0 aliphatic carbocycles. The van der Waals surface area contributed by atoms with Crippen LogP contribution in [-0.4, -0.2) is 80.8 Å². The van der Waals surface area contributed by atoms with Gasteiger partial charge in [-0.15, -0.1) is 6.58 Å². The quantitative estimate of drug-likeness (QED) is 0.640. The van der Waals surface area contributed by atoms with Crippen LogP contribution in [0.15, 0.2) is 12.7 Å². The fourth-order valence-electron chi connectivity index (χ4n) is 5.03. The highest BCUT2D eigenvalue weighted by atomic mass is 16.5. The molecule has 1 spiro atoms. The van der Waals surface area contributed by atoms with Crippen LogP contribution in [0, 0.1) is 11.8 Å². The fraction of sp³-hybridized carbons (Fsp3) is 0.737. The summed E-state index contributed by atoms with van der Waals surface area (Å²) in [7, 11) is 0. The first-order valence-corrected chi connectivity index (χ1v) is 9.34. The van der Waals surface area contributed by atoms with Gasteiger partial charge in [0, 0.05) is 18.6 Å². The maximum atomic E-state index is 13.6. The Hall–Kier alpha value is -1.93. The van der Waals surface area contributed by atoms with E-state index in [2.05, 4.69) is 6.58 Å². The van der Waals surface area contributed by atoms with E-state index in [1.807, 2.05) is 20.8 Å². The number of carbonyl (C=O) groups is 3. The second-order valence-corrected chi connectivity index (χ2v) is 8.56. The Balaban J connectivity index is 2.06. The fourth-order valence-corrected chi connectivity index (χ4v) is 5.03.